The first-order valence-corrected chi connectivity index (χ1v) is 7.57. The first-order valence-electron chi connectivity index (χ1n) is 7.57. The van der Waals surface area contributed by atoms with E-state index in [1.165, 1.54) is 0 Å². The van der Waals surface area contributed by atoms with Gasteiger partial charge >= 0.3 is 0 Å². The first kappa shape index (κ1) is 17.5. The average Bonchev–Trinajstić information content (AvgIpc) is 2.46. The zero-order valence-corrected chi connectivity index (χ0v) is 14.0. The van der Waals surface area contributed by atoms with Crippen LogP contribution in [0.25, 0.3) is 0 Å². The summed E-state index contributed by atoms with van der Waals surface area (Å²) in [5.74, 6) is 0.0867. The van der Waals surface area contributed by atoms with Crippen molar-refractivity contribution in [1.82, 2.24) is 4.90 Å². The SMILES string of the molecule is CCCN(CC(C)(C)CN)C(=O)c1ccc(N(C)C)cc1. The van der Waals surface area contributed by atoms with Gasteiger partial charge in [0.2, 0.25) is 0 Å². The molecule has 0 bridgehead atoms. The molecule has 1 aromatic rings. The molecule has 0 aliphatic carbocycles. The Hall–Kier alpha value is -1.55. The molecule has 4 heteroatoms. The van der Waals surface area contributed by atoms with Gasteiger partial charge in [-0.15, -0.1) is 0 Å². The number of carbonyl (C=O) groups excluding carboxylic acids is 1. The Morgan fingerprint density at radius 3 is 2.19 bits per heavy atom. The third kappa shape index (κ3) is 5.05. The molecule has 0 unspecified atom stereocenters. The first-order chi connectivity index (χ1) is 9.80. The van der Waals surface area contributed by atoms with E-state index in [-0.39, 0.29) is 11.3 Å². The van der Waals surface area contributed by atoms with Gasteiger partial charge < -0.3 is 15.5 Å². The lowest BCUT2D eigenvalue weighted by molar-refractivity contribution is 0.0689. The molecule has 2 N–H and O–H groups in total. The number of anilines is 1. The van der Waals surface area contributed by atoms with Gasteiger partial charge in [0, 0.05) is 38.4 Å². The standard InChI is InChI=1S/C17H29N3O/c1-6-11-20(13-17(2,3)12-18)16(21)14-7-9-15(10-8-14)19(4)5/h7-10H,6,11-13,18H2,1-5H3. The second-order valence-corrected chi connectivity index (χ2v) is 6.54. The lowest BCUT2D eigenvalue weighted by Gasteiger charge is -2.32. The van der Waals surface area contributed by atoms with E-state index in [4.69, 9.17) is 5.73 Å². The fourth-order valence-electron chi connectivity index (χ4n) is 2.19. The van der Waals surface area contributed by atoms with E-state index in [2.05, 4.69) is 20.8 Å². The highest BCUT2D eigenvalue weighted by molar-refractivity contribution is 5.94. The monoisotopic (exact) mass is 291 g/mol. The van der Waals surface area contributed by atoms with Crippen molar-refractivity contribution < 1.29 is 4.79 Å². The molecule has 0 aromatic heterocycles. The fourth-order valence-corrected chi connectivity index (χ4v) is 2.19. The van der Waals surface area contributed by atoms with Gasteiger partial charge in [-0.05, 0) is 42.6 Å². The smallest absolute Gasteiger partial charge is 0.253 e. The number of nitrogens with zero attached hydrogens (tertiary/aromatic N) is 2. The van der Waals surface area contributed by atoms with Crippen LogP contribution < -0.4 is 10.6 Å². The van der Waals surface area contributed by atoms with Crippen molar-refractivity contribution in [1.29, 1.82) is 0 Å². The van der Waals surface area contributed by atoms with Gasteiger partial charge in [0.1, 0.15) is 0 Å². The predicted octanol–water partition coefficient (Wildman–Crippen LogP) is 2.59. The number of rotatable bonds is 7. The zero-order chi connectivity index (χ0) is 16.0. The topological polar surface area (TPSA) is 49.6 Å². The van der Waals surface area contributed by atoms with E-state index in [0.717, 1.165) is 24.2 Å². The molecule has 0 aliphatic rings. The van der Waals surface area contributed by atoms with Gasteiger partial charge in [0.05, 0.1) is 0 Å². The Labute approximate surface area is 128 Å². The van der Waals surface area contributed by atoms with Crippen molar-refractivity contribution >= 4 is 11.6 Å². The second-order valence-electron chi connectivity index (χ2n) is 6.54. The van der Waals surface area contributed by atoms with Crippen LogP contribution >= 0.6 is 0 Å². The van der Waals surface area contributed by atoms with E-state index in [0.29, 0.717) is 13.1 Å². The molecular weight excluding hydrogens is 262 g/mol. The zero-order valence-electron chi connectivity index (χ0n) is 14.0. The van der Waals surface area contributed by atoms with Gasteiger partial charge in [-0.25, -0.2) is 0 Å². The number of amides is 1. The molecule has 0 radical (unpaired) electrons. The van der Waals surface area contributed by atoms with E-state index in [1.54, 1.807) is 0 Å². The third-order valence-electron chi connectivity index (χ3n) is 3.58. The van der Waals surface area contributed by atoms with Gasteiger partial charge in [0.25, 0.3) is 5.91 Å². The van der Waals surface area contributed by atoms with Crippen molar-refractivity contribution in [3.05, 3.63) is 29.8 Å². The Balaban J connectivity index is 2.89. The van der Waals surface area contributed by atoms with Crippen LogP contribution in [0.2, 0.25) is 0 Å². The summed E-state index contributed by atoms with van der Waals surface area (Å²) < 4.78 is 0. The Morgan fingerprint density at radius 2 is 1.76 bits per heavy atom. The van der Waals surface area contributed by atoms with Gasteiger partial charge in [0.15, 0.2) is 0 Å². The minimum atomic E-state index is -0.0611. The van der Waals surface area contributed by atoms with Crippen molar-refractivity contribution in [3.63, 3.8) is 0 Å². The Kier molecular flexibility index (Phi) is 6.21. The maximum absolute atomic E-state index is 12.7. The van der Waals surface area contributed by atoms with Crippen molar-refractivity contribution in [3.8, 4) is 0 Å². The van der Waals surface area contributed by atoms with Crippen LogP contribution in [-0.2, 0) is 0 Å². The molecule has 4 nitrogen and oxygen atoms in total. The summed E-state index contributed by atoms with van der Waals surface area (Å²) in [5.41, 5.74) is 7.57. The van der Waals surface area contributed by atoms with Crippen molar-refractivity contribution in [2.24, 2.45) is 11.1 Å². The molecule has 1 aromatic carbocycles. The molecule has 1 amide bonds. The van der Waals surface area contributed by atoms with Crippen LogP contribution in [0.15, 0.2) is 24.3 Å². The lowest BCUT2D eigenvalue weighted by Crippen LogP contribution is -2.42. The number of benzene rings is 1. The average molecular weight is 291 g/mol. The highest BCUT2D eigenvalue weighted by atomic mass is 16.2. The van der Waals surface area contributed by atoms with Crippen LogP contribution in [0.1, 0.15) is 37.6 Å². The molecule has 0 heterocycles. The number of hydrogen-bond donors (Lipinski definition) is 1. The van der Waals surface area contributed by atoms with E-state index in [1.807, 2.05) is 48.2 Å². The van der Waals surface area contributed by atoms with Gasteiger partial charge in [-0.1, -0.05) is 20.8 Å². The van der Waals surface area contributed by atoms with E-state index in [9.17, 15) is 4.79 Å². The molecule has 0 saturated heterocycles. The minimum absolute atomic E-state index is 0.0611. The quantitative estimate of drug-likeness (QED) is 0.840. The highest BCUT2D eigenvalue weighted by Gasteiger charge is 2.24. The highest BCUT2D eigenvalue weighted by Crippen LogP contribution is 2.19. The summed E-state index contributed by atoms with van der Waals surface area (Å²) in [6.07, 6.45) is 0.947. The summed E-state index contributed by atoms with van der Waals surface area (Å²) in [6.45, 7) is 8.30. The predicted molar refractivity (Wildman–Crippen MR) is 89.8 cm³/mol. The Morgan fingerprint density at radius 1 is 1.19 bits per heavy atom. The van der Waals surface area contributed by atoms with Crippen molar-refractivity contribution in [2.45, 2.75) is 27.2 Å². The maximum atomic E-state index is 12.7. The van der Waals surface area contributed by atoms with Crippen LogP contribution in [-0.4, -0.2) is 44.5 Å². The summed E-state index contributed by atoms with van der Waals surface area (Å²) in [7, 11) is 3.98. The molecule has 0 atom stereocenters. The molecule has 1 rings (SSSR count). The Bertz CT molecular complexity index is 452. The van der Waals surface area contributed by atoms with Crippen LogP contribution in [0.3, 0.4) is 0 Å². The van der Waals surface area contributed by atoms with E-state index >= 15 is 0 Å². The van der Waals surface area contributed by atoms with E-state index < -0.39 is 0 Å². The molecular formula is C17H29N3O. The number of hydrogen-bond acceptors (Lipinski definition) is 3. The molecule has 0 aliphatic heterocycles. The number of nitrogens with two attached hydrogens (primary N) is 1. The van der Waals surface area contributed by atoms with Crippen molar-refractivity contribution in [2.75, 3.05) is 38.6 Å². The molecule has 0 saturated carbocycles. The summed E-state index contributed by atoms with van der Waals surface area (Å²) in [5, 5.41) is 0. The minimum Gasteiger partial charge on any atom is -0.378 e. The molecule has 0 spiro atoms. The largest absolute Gasteiger partial charge is 0.378 e. The fraction of sp³-hybridized carbons (Fsp3) is 0.588. The molecule has 118 valence electrons. The van der Waals surface area contributed by atoms with Gasteiger partial charge in [-0.2, -0.15) is 0 Å². The maximum Gasteiger partial charge on any atom is 0.253 e. The van der Waals surface area contributed by atoms with Crippen LogP contribution in [0.5, 0.6) is 0 Å². The lowest BCUT2D eigenvalue weighted by atomic mass is 9.92. The third-order valence-corrected chi connectivity index (χ3v) is 3.58. The van der Waals surface area contributed by atoms with Crippen LogP contribution in [0, 0.1) is 5.41 Å². The van der Waals surface area contributed by atoms with Gasteiger partial charge in [-0.3, -0.25) is 4.79 Å². The second kappa shape index (κ2) is 7.46. The molecule has 0 fully saturated rings. The summed E-state index contributed by atoms with van der Waals surface area (Å²) >= 11 is 0. The van der Waals surface area contributed by atoms with Crippen LogP contribution in [0.4, 0.5) is 5.69 Å². The molecule has 21 heavy (non-hydrogen) atoms. The number of carbonyl (C=O) groups is 1. The summed E-state index contributed by atoms with van der Waals surface area (Å²) in [4.78, 5) is 16.6. The summed E-state index contributed by atoms with van der Waals surface area (Å²) in [6, 6.07) is 7.75. The normalized spacial score (nSPS) is 11.3.